The summed E-state index contributed by atoms with van der Waals surface area (Å²) in [6.07, 6.45) is 4.69. The van der Waals surface area contributed by atoms with Crippen molar-refractivity contribution in [2.75, 3.05) is 14.2 Å². The van der Waals surface area contributed by atoms with Gasteiger partial charge >= 0.3 is 0 Å². The molecule has 0 amide bonds. The summed E-state index contributed by atoms with van der Waals surface area (Å²) in [5.74, 6) is 0. The Morgan fingerprint density at radius 2 is 2.38 bits per heavy atom. The molecule has 0 radical (unpaired) electrons. The zero-order valence-electron chi connectivity index (χ0n) is 9.75. The molecule has 0 aromatic carbocycles. The van der Waals surface area contributed by atoms with Crippen LogP contribution in [0.2, 0.25) is 0 Å². The van der Waals surface area contributed by atoms with E-state index in [9.17, 15) is 0 Å². The first-order valence-corrected chi connectivity index (χ1v) is 7.33. The van der Waals surface area contributed by atoms with Crippen LogP contribution in [0.1, 0.15) is 24.1 Å². The SMILES string of the molecule is CNC(Cc1sccc1Br)C1(OC)CCC1. The summed E-state index contributed by atoms with van der Waals surface area (Å²) in [4.78, 5) is 1.41. The summed E-state index contributed by atoms with van der Waals surface area (Å²) >= 11 is 5.41. The van der Waals surface area contributed by atoms with E-state index in [0.29, 0.717) is 6.04 Å². The van der Waals surface area contributed by atoms with E-state index >= 15 is 0 Å². The summed E-state index contributed by atoms with van der Waals surface area (Å²) in [5.41, 5.74) is 0.0676. The maximum atomic E-state index is 5.74. The summed E-state index contributed by atoms with van der Waals surface area (Å²) in [6, 6.07) is 2.54. The lowest BCUT2D eigenvalue weighted by atomic mass is 9.73. The van der Waals surface area contributed by atoms with Crippen LogP contribution in [0.25, 0.3) is 0 Å². The Labute approximate surface area is 110 Å². The topological polar surface area (TPSA) is 21.3 Å². The van der Waals surface area contributed by atoms with Crippen molar-refractivity contribution in [3.63, 3.8) is 0 Å². The molecule has 0 saturated heterocycles. The van der Waals surface area contributed by atoms with Crippen LogP contribution in [0.5, 0.6) is 0 Å². The smallest absolute Gasteiger partial charge is 0.0834 e. The van der Waals surface area contributed by atoms with E-state index in [-0.39, 0.29) is 5.60 Å². The van der Waals surface area contributed by atoms with Crippen LogP contribution in [-0.2, 0) is 11.2 Å². The van der Waals surface area contributed by atoms with Gasteiger partial charge in [-0.2, -0.15) is 0 Å². The van der Waals surface area contributed by atoms with Gasteiger partial charge in [0.1, 0.15) is 0 Å². The Morgan fingerprint density at radius 3 is 2.75 bits per heavy atom. The Bertz CT molecular complexity index is 343. The number of nitrogens with one attached hydrogen (secondary N) is 1. The van der Waals surface area contributed by atoms with Gasteiger partial charge in [-0.25, -0.2) is 0 Å². The number of halogens is 1. The van der Waals surface area contributed by atoms with Crippen LogP contribution in [0, 0.1) is 0 Å². The number of hydrogen-bond donors (Lipinski definition) is 1. The van der Waals surface area contributed by atoms with E-state index in [1.165, 1.54) is 28.6 Å². The standard InChI is InChI=1S/C12H18BrNOS/c1-14-11(12(15-2)5-3-6-12)8-10-9(13)4-7-16-10/h4,7,11,14H,3,5-6,8H2,1-2H3. The number of methoxy groups -OCH3 is 1. The maximum Gasteiger partial charge on any atom is 0.0834 e. The molecule has 16 heavy (non-hydrogen) atoms. The first-order chi connectivity index (χ1) is 7.72. The first-order valence-electron chi connectivity index (χ1n) is 5.66. The Morgan fingerprint density at radius 1 is 1.62 bits per heavy atom. The van der Waals surface area contributed by atoms with Crippen molar-refractivity contribution >= 4 is 27.3 Å². The second-order valence-electron chi connectivity index (χ2n) is 4.36. The van der Waals surface area contributed by atoms with Crippen molar-refractivity contribution in [3.05, 3.63) is 20.8 Å². The van der Waals surface area contributed by atoms with E-state index in [0.717, 1.165) is 6.42 Å². The van der Waals surface area contributed by atoms with Crippen molar-refractivity contribution in [3.8, 4) is 0 Å². The van der Waals surface area contributed by atoms with Crippen LogP contribution in [-0.4, -0.2) is 25.8 Å². The molecule has 1 atom stereocenters. The van der Waals surface area contributed by atoms with Crippen LogP contribution in [0.15, 0.2) is 15.9 Å². The highest BCUT2D eigenvalue weighted by atomic mass is 79.9. The van der Waals surface area contributed by atoms with Gasteiger partial charge in [0.2, 0.25) is 0 Å². The van der Waals surface area contributed by atoms with Gasteiger partial charge in [0.25, 0.3) is 0 Å². The van der Waals surface area contributed by atoms with Crippen LogP contribution >= 0.6 is 27.3 Å². The van der Waals surface area contributed by atoms with Crippen molar-refractivity contribution in [1.29, 1.82) is 0 Å². The van der Waals surface area contributed by atoms with Gasteiger partial charge in [0.05, 0.1) is 5.60 Å². The predicted molar refractivity (Wildman–Crippen MR) is 72.2 cm³/mol. The fraction of sp³-hybridized carbons (Fsp3) is 0.667. The largest absolute Gasteiger partial charge is 0.377 e. The molecule has 0 aliphatic heterocycles. The molecular formula is C12H18BrNOS. The summed E-state index contributed by atoms with van der Waals surface area (Å²) in [6.45, 7) is 0. The lowest BCUT2D eigenvalue weighted by Crippen LogP contribution is -2.56. The normalized spacial score (nSPS) is 20.4. The van der Waals surface area contributed by atoms with Crippen molar-refractivity contribution in [1.82, 2.24) is 5.32 Å². The molecule has 1 unspecified atom stereocenters. The first kappa shape index (κ1) is 12.6. The van der Waals surface area contributed by atoms with Gasteiger partial charge in [0.15, 0.2) is 0 Å². The maximum absolute atomic E-state index is 5.74. The summed E-state index contributed by atoms with van der Waals surface area (Å²) in [5, 5.41) is 5.55. The Balaban J connectivity index is 2.08. The van der Waals surface area contributed by atoms with Crippen molar-refractivity contribution in [2.45, 2.75) is 37.3 Å². The van der Waals surface area contributed by atoms with Crippen LogP contribution < -0.4 is 5.32 Å². The third-order valence-corrected chi connectivity index (χ3v) is 5.62. The molecule has 1 aromatic heterocycles. The molecule has 0 bridgehead atoms. The van der Waals surface area contributed by atoms with Gasteiger partial charge in [-0.3, -0.25) is 0 Å². The molecule has 2 rings (SSSR count). The second-order valence-corrected chi connectivity index (χ2v) is 6.21. The zero-order valence-corrected chi connectivity index (χ0v) is 12.2. The number of ether oxygens (including phenoxy) is 1. The zero-order chi connectivity index (χ0) is 11.6. The molecule has 90 valence electrons. The average Bonchev–Trinajstić information content (AvgIpc) is 2.62. The minimum Gasteiger partial charge on any atom is -0.377 e. The van der Waals surface area contributed by atoms with E-state index in [1.807, 2.05) is 25.5 Å². The monoisotopic (exact) mass is 303 g/mol. The van der Waals surface area contributed by atoms with Crippen LogP contribution in [0.3, 0.4) is 0 Å². The number of rotatable bonds is 5. The molecule has 1 N–H and O–H groups in total. The van der Waals surface area contributed by atoms with Gasteiger partial charge in [-0.05, 0) is 53.7 Å². The Kier molecular flexibility index (Phi) is 4.06. The highest BCUT2D eigenvalue weighted by molar-refractivity contribution is 9.10. The van der Waals surface area contributed by atoms with Gasteiger partial charge < -0.3 is 10.1 Å². The number of hydrogen-bond acceptors (Lipinski definition) is 3. The molecule has 1 aliphatic rings. The molecule has 1 heterocycles. The molecule has 0 spiro atoms. The highest BCUT2D eigenvalue weighted by Gasteiger charge is 2.43. The van der Waals surface area contributed by atoms with E-state index in [4.69, 9.17) is 4.74 Å². The number of thiophene rings is 1. The highest BCUT2D eigenvalue weighted by Crippen LogP contribution is 2.40. The molecule has 1 aromatic rings. The van der Waals surface area contributed by atoms with Gasteiger partial charge in [0, 0.05) is 28.9 Å². The van der Waals surface area contributed by atoms with Crippen LogP contribution in [0.4, 0.5) is 0 Å². The summed E-state index contributed by atoms with van der Waals surface area (Å²) in [7, 11) is 3.87. The lowest BCUT2D eigenvalue weighted by Gasteiger charge is -2.46. The third kappa shape index (κ3) is 2.21. The molecule has 1 aliphatic carbocycles. The molecule has 2 nitrogen and oxygen atoms in total. The third-order valence-electron chi connectivity index (χ3n) is 3.67. The molecule has 1 saturated carbocycles. The fourth-order valence-electron chi connectivity index (χ4n) is 2.43. The molecular weight excluding hydrogens is 286 g/mol. The number of likely N-dealkylation sites (N-methyl/N-ethyl adjacent to an activating group) is 1. The minimum atomic E-state index is 0.0676. The van der Waals surface area contributed by atoms with Gasteiger partial charge in [-0.15, -0.1) is 11.3 Å². The predicted octanol–water partition coefficient (Wildman–Crippen LogP) is 3.21. The van der Waals surface area contributed by atoms with Crippen molar-refractivity contribution in [2.24, 2.45) is 0 Å². The molecule has 4 heteroatoms. The second kappa shape index (κ2) is 5.17. The quantitative estimate of drug-likeness (QED) is 0.902. The van der Waals surface area contributed by atoms with E-state index in [2.05, 4.69) is 32.7 Å². The van der Waals surface area contributed by atoms with E-state index < -0.39 is 0 Å². The minimum absolute atomic E-state index is 0.0676. The molecule has 1 fully saturated rings. The Hall–Kier alpha value is 0.1000. The summed E-state index contributed by atoms with van der Waals surface area (Å²) < 4.78 is 6.97. The average molecular weight is 304 g/mol. The van der Waals surface area contributed by atoms with E-state index in [1.54, 1.807) is 0 Å². The van der Waals surface area contributed by atoms with Gasteiger partial charge in [-0.1, -0.05) is 0 Å². The lowest BCUT2D eigenvalue weighted by molar-refractivity contribution is -0.0965. The van der Waals surface area contributed by atoms with Crippen molar-refractivity contribution < 1.29 is 4.74 Å². The fourth-order valence-corrected chi connectivity index (χ4v) is 3.99.